The van der Waals surface area contributed by atoms with Crippen molar-refractivity contribution in [3.63, 3.8) is 0 Å². The molecule has 1 rings (SSSR count). The van der Waals surface area contributed by atoms with Crippen molar-refractivity contribution in [1.82, 2.24) is 5.06 Å². The third-order valence-electron chi connectivity index (χ3n) is 1.35. The minimum absolute atomic E-state index is 0.00722. The molecule has 1 amide bonds. The second-order valence-corrected chi connectivity index (χ2v) is 2.34. The Balaban J connectivity index is 2.31. The summed E-state index contributed by atoms with van der Waals surface area (Å²) in [7, 11) is 1.43. The molecule has 0 aliphatic carbocycles. The predicted molar refractivity (Wildman–Crippen MR) is 35.5 cm³/mol. The summed E-state index contributed by atoms with van der Waals surface area (Å²) in [5.74, 6) is -0.260. The number of aliphatic hydroxyl groups is 1. The number of β-amino-alcohol motifs (C(OH)–C–C–N with tert-alkyl or cyclic N) is 1. The smallest absolute Gasteiger partial charge is 0.272 e. The standard InChI is InChI=1S/C6H11NO4/c1-10-4-6(9)7-2-5(8)3-11-7/h5,8H,2-4H2,1H3. The molecular formula is C6H11NO4. The average molecular weight is 161 g/mol. The Morgan fingerprint density at radius 1 is 1.91 bits per heavy atom. The fourth-order valence-electron chi connectivity index (χ4n) is 0.842. The average Bonchev–Trinajstić information content (AvgIpc) is 2.36. The maximum atomic E-state index is 11.0. The van der Waals surface area contributed by atoms with Gasteiger partial charge in [0, 0.05) is 7.11 Å². The van der Waals surface area contributed by atoms with Crippen molar-refractivity contribution in [2.75, 3.05) is 26.9 Å². The van der Waals surface area contributed by atoms with Crippen molar-refractivity contribution in [2.24, 2.45) is 0 Å². The summed E-state index contributed by atoms with van der Waals surface area (Å²) in [6.45, 7) is 0.421. The molecule has 1 fully saturated rings. The first kappa shape index (κ1) is 8.45. The predicted octanol–water partition coefficient (Wildman–Crippen LogP) is -1.23. The second kappa shape index (κ2) is 3.66. The lowest BCUT2D eigenvalue weighted by Gasteiger charge is -2.12. The number of amides is 1. The summed E-state index contributed by atoms with van der Waals surface area (Å²) in [6.07, 6.45) is -0.559. The molecule has 0 aromatic heterocycles. The maximum Gasteiger partial charge on any atom is 0.272 e. The number of nitrogens with zero attached hydrogens (tertiary/aromatic N) is 1. The molecule has 11 heavy (non-hydrogen) atoms. The van der Waals surface area contributed by atoms with Gasteiger partial charge in [0.1, 0.15) is 19.3 Å². The lowest BCUT2D eigenvalue weighted by Crippen LogP contribution is -2.31. The molecule has 1 aliphatic rings. The molecule has 1 aliphatic heterocycles. The van der Waals surface area contributed by atoms with Crippen LogP contribution in [0.2, 0.25) is 0 Å². The van der Waals surface area contributed by atoms with Gasteiger partial charge in [0.25, 0.3) is 5.91 Å². The number of hydrogen-bond acceptors (Lipinski definition) is 4. The van der Waals surface area contributed by atoms with Crippen LogP contribution in [-0.4, -0.2) is 49.0 Å². The highest BCUT2D eigenvalue weighted by Gasteiger charge is 2.25. The van der Waals surface area contributed by atoms with Crippen LogP contribution in [0.3, 0.4) is 0 Å². The first-order valence-corrected chi connectivity index (χ1v) is 3.34. The van der Waals surface area contributed by atoms with E-state index in [2.05, 4.69) is 4.74 Å². The van der Waals surface area contributed by atoms with Crippen LogP contribution in [0, 0.1) is 0 Å². The minimum Gasteiger partial charge on any atom is -0.389 e. The van der Waals surface area contributed by atoms with Crippen molar-refractivity contribution in [2.45, 2.75) is 6.10 Å². The molecule has 5 heteroatoms. The molecule has 1 N–H and O–H groups in total. The van der Waals surface area contributed by atoms with E-state index in [0.29, 0.717) is 0 Å². The zero-order valence-corrected chi connectivity index (χ0v) is 6.32. The number of rotatable bonds is 2. The molecule has 0 bridgehead atoms. The molecule has 0 saturated carbocycles. The first-order valence-electron chi connectivity index (χ1n) is 3.34. The molecule has 0 radical (unpaired) electrons. The highest BCUT2D eigenvalue weighted by Crippen LogP contribution is 2.04. The van der Waals surface area contributed by atoms with Crippen LogP contribution in [0.15, 0.2) is 0 Å². The number of aliphatic hydroxyl groups excluding tert-OH is 1. The minimum atomic E-state index is -0.559. The molecule has 1 atom stereocenters. The Bertz CT molecular complexity index is 150. The number of ether oxygens (including phenoxy) is 1. The molecule has 1 unspecified atom stereocenters. The lowest BCUT2D eigenvalue weighted by atomic mass is 10.4. The third kappa shape index (κ3) is 2.14. The zero-order chi connectivity index (χ0) is 8.27. The quantitative estimate of drug-likeness (QED) is 0.550. The van der Waals surface area contributed by atoms with Gasteiger partial charge in [0.2, 0.25) is 0 Å². The highest BCUT2D eigenvalue weighted by molar-refractivity contribution is 5.76. The van der Waals surface area contributed by atoms with Gasteiger partial charge in [-0.15, -0.1) is 0 Å². The molecular weight excluding hydrogens is 150 g/mol. The highest BCUT2D eigenvalue weighted by atomic mass is 16.7. The van der Waals surface area contributed by atoms with Gasteiger partial charge < -0.3 is 9.84 Å². The van der Waals surface area contributed by atoms with Gasteiger partial charge in [-0.2, -0.15) is 0 Å². The summed E-state index contributed by atoms with van der Waals surface area (Å²) in [4.78, 5) is 15.8. The monoisotopic (exact) mass is 161 g/mol. The van der Waals surface area contributed by atoms with Gasteiger partial charge in [-0.25, -0.2) is 5.06 Å². The molecule has 64 valence electrons. The van der Waals surface area contributed by atoms with Crippen LogP contribution in [0.5, 0.6) is 0 Å². The maximum absolute atomic E-state index is 11.0. The number of hydroxylamine groups is 2. The van der Waals surface area contributed by atoms with Crippen molar-refractivity contribution >= 4 is 5.91 Å². The van der Waals surface area contributed by atoms with E-state index in [1.165, 1.54) is 7.11 Å². The Hall–Kier alpha value is -0.650. The SMILES string of the molecule is COCC(=O)N1CC(O)CO1. The molecule has 0 spiro atoms. The molecule has 1 heterocycles. The van der Waals surface area contributed by atoms with Crippen LogP contribution in [0.4, 0.5) is 0 Å². The van der Waals surface area contributed by atoms with E-state index < -0.39 is 6.10 Å². The van der Waals surface area contributed by atoms with E-state index >= 15 is 0 Å². The lowest BCUT2D eigenvalue weighted by molar-refractivity contribution is -0.172. The normalized spacial score (nSPS) is 24.2. The zero-order valence-electron chi connectivity index (χ0n) is 6.32. The first-order chi connectivity index (χ1) is 5.24. The summed E-state index contributed by atoms with van der Waals surface area (Å²) in [5, 5.41) is 10.1. The van der Waals surface area contributed by atoms with Crippen molar-refractivity contribution in [3.05, 3.63) is 0 Å². The number of carbonyl (C=O) groups is 1. The van der Waals surface area contributed by atoms with Crippen molar-refractivity contribution in [1.29, 1.82) is 0 Å². The topological polar surface area (TPSA) is 59.0 Å². The van der Waals surface area contributed by atoms with Gasteiger partial charge in [0.15, 0.2) is 0 Å². The van der Waals surface area contributed by atoms with Gasteiger partial charge in [-0.1, -0.05) is 0 Å². The summed E-state index contributed by atoms with van der Waals surface area (Å²) in [6, 6.07) is 0. The van der Waals surface area contributed by atoms with Gasteiger partial charge in [-0.3, -0.25) is 9.63 Å². The summed E-state index contributed by atoms with van der Waals surface area (Å²) < 4.78 is 4.60. The molecule has 0 aromatic carbocycles. The van der Waals surface area contributed by atoms with Gasteiger partial charge >= 0.3 is 0 Å². The van der Waals surface area contributed by atoms with E-state index in [1.807, 2.05) is 0 Å². The van der Waals surface area contributed by atoms with E-state index in [4.69, 9.17) is 9.94 Å². The third-order valence-corrected chi connectivity index (χ3v) is 1.35. The molecule has 5 nitrogen and oxygen atoms in total. The van der Waals surface area contributed by atoms with Crippen LogP contribution in [0.1, 0.15) is 0 Å². The van der Waals surface area contributed by atoms with E-state index in [-0.39, 0.29) is 25.7 Å². The number of carbonyl (C=O) groups excluding carboxylic acids is 1. The Kier molecular flexibility index (Phi) is 2.81. The van der Waals surface area contributed by atoms with Crippen LogP contribution >= 0.6 is 0 Å². The van der Waals surface area contributed by atoms with Gasteiger partial charge in [0.05, 0.1) is 6.54 Å². The van der Waals surface area contributed by atoms with Crippen LogP contribution in [0.25, 0.3) is 0 Å². The number of hydrogen-bond donors (Lipinski definition) is 1. The van der Waals surface area contributed by atoms with E-state index in [0.717, 1.165) is 5.06 Å². The fourth-order valence-corrected chi connectivity index (χ4v) is 0.842. The molecule has 1 saturated heterocycles. The summed E-state index contributed by atoms with van der Waals surface area (Å²) >= 11 is 0. The Morgan fingerprint density at radius 3 is 3.09 bits per heavy atom. The van der Waals surface area contributed by atoms with E-state index in [1.54, 1.807) is 0 Å². The van der Waals surface area contributed by atoms with Crippen molar-refractivity contribution < 1.29 is 19.5 Å². The van der Waals surface area contributed by atoms with E-state index in [9.17, 15) is 4.79 Å². The Labute approximate surface area is 64.5 Å². The fraction of sp³-hybridized carbons (Fsp3) is 0.833. The summed E-state index contributed by atoms with van der Waals surface area (Å²) in [5.41, 5.74) is 0. The van der Waals surface area contributed by atoms with Crippen molar-refractivity contribution in [3.8, 4) is 0 Å². The molecule has 0 aromatic rings. The van der Waals surface area contributed by atoms with Crippen LogP contribution < -0.4 is 0 Å². The second-order valence-electron chi connectivity index (χ2n) is 2.34. The number of methoxy groups -OCH3 is 1. The Morgan fingerprint density at radius 2 is 2.64 bits per heavy atom. The largest absolute Gasteiger partial charge is 0.389 e. The van der Waals surface area contributed by atoms with Gasteiger partial charge in [-0.05, 0) is 0 Å². The van der Waals surface area contributed by atoms with Crippen LogP contribution in [-0.2, 0) is 14.4 Å².